The van der Waals surface area contributed by atoms with Gasteiger partial charge in [0.2, 0.25) is 5.91 Å². The minimum absolute atomic E-state index is 0.0276. The van der Waals surface area contributed by atoms with Crippen LogP contribution in [0.4, 0.5) is 22.0 Å². The van der Waals surface area contributed by atoms with Gasteiger partial charge in [-0.1, -0.05) is 31.5 Å². The quantitative estimate of drug-likeness (QED) is 0.259. The third-order valence-electron chi connectivity index (χ3n) is 6.71. The summed E-state index contributed by atoms with van der Waals surface area (Å²) in [5, 5.41) is 14.2. The summed E-state index contributed by atoms with van der Waals surface area (Å²) in [6.45, 7) is 3.56. The first-order valence-electron chi connectivity index (χ1n) is 13.3. The Kier molecular flexibility index (Phi) is 10.4. The number of rotatable bonds is 11. The van der Waals surface area contributed by atoms with E-state index >= 15 is 4.39 Å². The van der Waals surface area contributed by atoms with Gasteiger partial charge >= 0.3 is 12.1 Å². The van der Waals surface area contributed by atoms with E-state index in [1.165, 1.54) is 6.07 Å². The smallest absolute Gasteiger partial charge is 0.406 e. The van der Waals surface area contributed by atoms with Crippen LogP contribution in [0.1, 0.15) is 59.3 Å². The monoisotopic (exact) mass is 607 g/mol. The molecule has 2 aromatic carbocycles. The number of nitrogens with zero attached hydrogens (tertiary/aromatic N) is 1. The molecule has 0 fully saturated rings. The minimum Gasteiger partial charge on any atom is -0.481 e. The summed E-state index contributed by atoms with van der Waals surface area (Å²) >= 11 is 0. The number of nitrogens with one attached hydrogen (secondary N) is 2. The Labute approximate surface area is 243 Å². The van der Waals surface area contributed by atoms with E-state index < -0.39 is 77.3 Å². The molecule has 0 aliphatic carbocycles. The maximum absolute atomic E-state index is 15.1. The molecule has 1 heterocycles. The number of carbonyl (C=O) groups excluding carboxylic acids is 2. The van der Waals surface area contributed by atoms with Crippen LogP contribution in [0.15, 0.2) is 53.5 Å². The maximum Gasteiger partial charge on any atom is 0.406 e. The summed E-state index contributed by atoms with van der Waals surface area (Å²) in [6.07, 6.45) is -4.43. The normalized spacial score (nSPS) is 12.8. The zero-order chi connectivity index (χ0) is 32.1. The molecule has 0 aliphatic heterocycles. The largest absolute Gasteiger partial charge is 0.481 e. The third kappa shape index (κ3) is 8.27. The standard InChI is InChI=1S/C30H30F5N3O5/c1-4-7-22(36-27(41)19-10-6-11-38(29(19)43)15-30(33,34)35)28(42)37-23(14-24(39)40)20-12-18(13-21(31)26(20)32)25-16(2)8-5-9-17(25)3/h5-6,8-13,22-23H,4,7,14-15H2,1-3H3,(H,36,41)(H,37,42)(H,39,40)/t22-,23-/m0/s1. The minimum atomic E-state index is -4.73. The Morgan fingerprint density at radius 2 is 1.65 bits per heavy atom. The second-order valence-electron chi connectivity index (χ2n) is 10.1. The van der Waals surface area contributed by atoms with E-state index in [4.69, 9.17) is 0 Å². The van der Waals surface area contributed by atoms with Crippen LogP contribution in [-0.4, -0.2) is 39.7 Å². The first kappa shape index (κ1) is 33.0. The van der Waals surface area contributed by atoms with Crippen molar-refractivity contribution >= 4 is 17.8 Å². The fourth-order valence-electron chi connectivity index (χ4n) is 4.78. The third-order valence-corrected chi connectivity index (χ3v) is 6.71. The van der Waals surface area contributed by atoms with Gasteiger partial charge in [0.1, 0.15) is 18.2 Å². The molecule has 0 spiro atoms. The number of halogens is 5. The molecule has 13 heteroatoms. The Bertz CT molecular complexity index is 1570. The molecule has 0 bridgehead atoms. The van der Waals surface area contributed by atoms with Crippen LogP contribution in [0.3, 0.4) is 0 Å². The SMILES string of the molecule is CCC[C@H](NC(=O)c1cccn(CC(F)(F)F)c1=O)C(=O)N[C@@H](CC(=O)O)c1cc(-c2c(C)cccc2C)cc(F)c1F. The maximum atomic E-state index is 15.1. The second-order valence-corrected chi connectivity index (χ2v) is 10.1. The molecule has 0 saturated heterocycles. The molecule has 8 nitrogen and oxygen atoms in total. The first-order valence-corrected chi connectivity index (χ1v) is 13.3. The number of hydrogen-bond donors (Lipinski definition) is 3. The topological polar surface area (TPSA) is 118 Å². The number of alkyl halides is 3. The summed E-state index contributed by atoms with van der Waals surface area (Å²) < 4.78 is 68.8. The van der Waals surface area contributed by atoms with Crippen molar-refractivity contribution in [2.45, 2.75) is 64.8 Å². The number of aryl methyl sites for hydroxylation is 2. The Hall–Kier alpha value is -4.55. The van der Waals surface area contributed by atoms with Gasteiger partial charge in [-0.15, -0.1) is 0 Å². The molecular weight excluding hydrogens is 577 g/mol. The number of amides is 2. The number of carboxylic acids is 1. The summed E-state index contributed by atoms with van der Waals surface area (Å²) in [5.41, 5.74) is 0.0150. The highest BCUT2D eigenvalue weighted by Gasteiger charge is 2.31. The molecule has 2 amide bonds. The number of carboxylic acid groups (broad SMARTS) is 1. The highest BCUT2D eigenvalue weighted by molar-refractivity contribution is 5.97. The van der Waals surface area contributed by atoms with Crippen molar-refractivity contribution in [3.63, 3.8) is 0 Å². The van der Waals surface area contributed by atoms with Gasteiger partial charge in [-0.2, -0.15) is 13.2 Å². The van der Waals surface area contributed by atoms with Crippen molar-refractivity contribution in [1.29, 1.82) is 0 Å². The van der Waals surface area contributed by atoms with Crippen molar-refractivity contribution in [2.75, 3.05) is 0 Å². The van der Waals surface area contributed by atoms with Crippen molar-refractivity contribution in [3.05, 3.63) is 92.9 Å². The number of carbonyl (C=O) groups is 3. The molecule has 0 unspecified atom stereocenters. The van der Waals surface area contributed by atoms with Crippen LogP contribution in [0.25, 0.3) is 11.1 Å². The molecule has 230 valence electrons. The summed E-state index contributed by atoms with van der Waals surface area (Å²) in [5.74, 6) is -6.18. The van der Waals surface area contributed by atoms with Crippen molar-refractivity contribution < 1.29 is 41.4 Å². The van der Waals surface area contributed by atoms with E-state index in [2.05, 4.69) is 10.6 Å². The highest BCUT2D eigenvalue weighted by atomic mass is 19.4. The molecular formula is C30H30F5N3O5. The average Bonchev–Trinajstić information content (AvgIpc) is 2.90. The molecule has 0 radical (unpaired) electrons. The molecule has 1 aromatic heterocycles. The van der Waals surface area contributed by atoms with Gasteiger partial charge in [0, 0.05) is 11.8 Å². The lowest BCUT2D eigenvalue weighted by Gasteiger charge is -2.24. The summed E-state index contributed by atoms with van der Waals surface area (Å²) in [7, 11) is 0. The Balaban J connectivity index is 1.95. The van der Waals surface area contributed by atoms with Crippen molar-refractivity contribution in [3.8, 4) is 11.1 Å². The summed E-state index contributed by atoms with van der Waals surface area (Å²) in [6, 6.07) is 6.65. The van der Waals surface area contributed by atoms with Crippen molar-refractivity contribution in [1.82, 2.24) is 15.2 Å². The van der Waals surface area contributed by atoms with E-state index in [9.17, 15) is 41.8 Å². The molecule has 0 saturated carbocycles. The van der Waals surface area contributed by atoms with Crippen LogP contribution in [0, 0.1) is 25.5 Å². The molecule has 3 rings (SSSR count). The fourth-order valence-corrected chi connectivity index (χ4v) is 4.78. The Morgan fingerprint density at radius 3 is 2.23 bits per heavy atom. The lowest BCUT2D eigenvalue weighted by Crippen LogP contribution is -2.49. The highest BCUT2D eigenvalue weighted by Crippen LogP contribution is 2.33. The molecule has 43 heavy (non-hydrogen) atoms. The lowest BCUT2D eigenvalue weighted by atomic mass is 9.92. The van der Waals surface area contributed by atoms with Crippen LogP contribution in [-0.2, 0) is 16.1 Å². The zero-order valence-corrected chi connectivity index (χ0v) is 23.5. The Morgan fingerprint density at radius 1 is 1.00 bits per heavy atom. The van der Waals surface area contributed by atoms with Gasteiger partial charge in [0.15, 0.2) is 11.6 Å². The average molecular weight is 608 g/mol. The van der Waals surface area contributed by atoms with Crippen LogP contribution in [0.5, 0.6) is 0 Å². The van der Waals surface area contributed by atoms with E-state index in [0.29, 0.717) is 16.6 Å². The molecule has 2 atom stereocenters. The number of aliphatic carboxylic acids is 1. The van der Waals surface area contributed by atoms with Gasteiger partial charge < -0.3 is 20.3 Å². The van der Waals surface area contributed by atoms with E-state index in [-0.39, 0.29) is 12.0 Å². The molecule has 3 N–H and O–H groups in total. The van der Waals surface area contributed by atoms with Gasteiger partial charge in [0.25, 0.3) is 11.5 Å². The predicted octanol–water partition coefficient (Wildman–Crippen LogP) is 5.20. The number of pyridine rings is 1. The van der Waals surface area contributed by atoms with Gasteiger partial charge in [-0.25, -0.2) is 8.78 Å². The van der Waals surface area contributed by atoms with Crippen molar-refractivity contribution in [2.24, 2.45) is 0 Å². The van der Waals surface area contributed by atoms with Gasteiger partial charge in [-0.3, -0.25) is 19.2 Å². The van der Waals surface area contributed by atoms with E-state index in [1.54, 1.807) is 39.0 Å². The second kappa shape index (κ2) is 13.6. The number of benzene rings is 2. The first-order chi connectivity index (χ1) is 20.1. The van der Waals surface area contributed by atoms with Gasteiger partial charge in [-0.05, 0) is 66.8 Å². The van der Waals surface area contributed by atoms with Crippen LogP contribution >= 0.6 is 0 Å². The zero-order valence-electron chi connectivity index (χ0n) is 23.5. The lowest BCUT2D eigenvalue weighted by molar-refractivity contribution is -0.141. The van der Waals surface area contributed by atoms with E-state index in [1.807, 2.05) is 0 Å². The number of aromatic nitrogens is 1. The summed E-state index contributed by atoms with van der Waals surface area (Å²) in [4.78, 5) is 50.4. The molecule has 0 aliphatic rings. The molecule has 3 aromatic rings. The predicted molar refractivity (Wildman–Crippen MR) is 147 cm³/mol. The van der Waals surface area contributed by atoms with Crippen LogP contribution < -0.4 is 16.2 Å². The fraction of sp³-hybridized carbons (Fsp3) is 0.333. The van der Waals surface area contributed by atoms with Gasteiger partial charge in [0.05, 0.1) is 12.5 Å². The van der Waals surface area contributed by atoms with E-state index in [0.717, 1.165) is 35.5 Å². The van der Waals surface area contributed by atoms with Crippen LogP contribution in [0.2, 0.25) is 0 Å². The number of hydrogen-bond acceptors (Lipinski definition) is 4.